The first-order chi connectivity index (χ1) is 5.39. The molecule has 0 radical (unpaired) electrons. The van der Waals surface area contributed by atoms with Crippen LogP contribution in [0, 0.1) is 12.3 Å². The molecule has 0 aromatic rings. The van der Waals surface area contributed by atoms with E-state index in [9.17, 15) is 4.79 Å². The topological polar surface area (TPSA) is 29.5 Å². The van der Waals surface area contributed by atoms with Gasteiger partial charge in [0, 0.05) is 12.6 Å². The average molecular weight is 169 g/mol. The largest absolute Gasteiger partial charge is 0.436 e. The van der Waals surface area contributed by atoms with Crippen LogP contribution in [0.15, 0.2) is 0 Å². The van der Waals surface area contributed by atoms with Gasteiger partial charge in [0.2, 0.25) is 0 Å². The molecule has 0 bridgehead atoms. The Balaban J connectivity index is 4.04. The molecule has 0 spiro atoms. The first-order valence-corrected chi connectivity index (χ1v) is 3.73. The van der Waals surface area contributed by atoms with E-state index < -0.39 is 0 Å². The van der Waals surface area contributed by atoms with Crippen LogP contribution in [0.3, 0.4) is 0 Å². The van der Waals surface area contributed by atoms with Gasteiger partial charge in [-0.2, -0.15) is 0 Å². The third-order valence-electron chi connectivity index (χ3n) is 1.56. The van der Waals surface area contributed by atoms with Crippen LogP contribution < -0.4 is 0 Å². The van der Waals surface area contributed by atoms with Crippen LogP contribution in [0.5, 0.6) is 0 Å². The number of hydrogen-bond acceptors (Lipinski definition) is 2. The third-order valence-corrected chi connectivity index (χ3v) is 1.56. The highest BCUT2D eigenvalue weighted by Crippen LogP contribution is 2.11. The van der Waals surface area contributed by atoms with Crippen LogP contribution in [0.1, 0.15) is 20.8 Å². The molecule has 3 heteroatoms. The molecule has 1 amide bonds. The number of ether oxygens (including phenoxy) is 1. The standard InChI is InChI=1S/C9H15NO2/c1-6-7-12-8(11)10(5)9(2,3)4/h1H,7H2,2-5H3. The normalized spacial score (nSPS) is 10.2. The van der Waals surface area contributed by atoms with E-state index in [0.717, 1.165) is 0 Å². The SMILES string of the molecule is C#CCOC(=O)N(C)C(C)(C)C. The van der Waals surface area contributed by atoms with Gasteiger partial charge in [-0.15, -0.1) is 6.42 Å². The lowest BCUT2D eigenvalue weighted by Gasteiger charge is -2.30. The Morgan fingerprint density at radius 1 is 1.58 bits per heavy atom. The Bertz CT molecular complexity index is 198. The van der Waals surface area contributed by atoms with Gasteiger partial charge in [0.05, 0.1) is 0 Å². The molecular weight excluding hydrogens is 154 g/mol. The Morgan fingerprint density at radius 3 is 2.42 bits per heavy atom. The molecule has 0 unspecified atom stereocenters. The number of nitrogens with zero attached hydrogens (tertiary/aromatic N) is 1. The van der Waals surface area contributed by atoms with E-state index in [4.69, 9.17) is 11.2 Å². The summed E-state index contributed by atoms with van der Waals surface area (Å²) in [4.78, 5) is 12.7. The van der Waals surface area contributed by atoms with E-state index in [1.807, 2.05) is 20.8 Å². The molecule has 0 aliphatic heterocycles. The van der Waals surface area contributed by atoms with Gasteiger partial charge in [-0.3, -0.25) is 0 Å². The molecule has 0 fully saturated rings. The molecule has 0 aromatic heterocycles. The number of amides is 1. The monoisotopic (exact) mass is 169 g/mol. The van der Waals surface area contributed by atoms with Crippen molar-refractivity contribution in [1.82, 2.24) is 4.90 Å². The third kappa shape index (κ3) is 3.29. The molecule has 68 valence electrons. The summed E-state index contributed by atoms with van der Waals surface area (Å²) in [5, 5.41) is 0. The second-order valence-electron chi connectivity index (χ2n) is 3.49. The lowest BCUT2D eigenvalue weighted by molar-refractivity contribution is 0.0910. The molecular formula is C9H15NO2. The minimum Gasteiger partial charge on any atom is -0.436 e. The predicted octanol–water partition coefficient (Wildman–Crippen LogP) is 1.49. The molecule has 0 atom stereocenters. The van der Waals surface area contributed by atoms with Gasteiger partial charge in [0.25, 0.3) is 0 Å². The highest BCUT2D eigenvalue weighted by Gasteiger charge is 2.22. The van der Waals surface area contributed by atoms with Crippen LogP contribution in [-0.2, 0) is 4.74 Å². The Labute approximate surface area is 73.7 Å². The van der Waals surface area contributed by atoms with Gasteiger partial charge in [-0.1, -0.05) is 5.92 Å². The fourth-order valence-electron chi connectivity index (χ4n) is 0.474. The van der Waals surface area contributed by atoms with Crippen LogP contribution in [0.25, 0.3) is 0 Å². The Hall–Kier alpha value is -1.17. The van der Waals surface area contributed by atoms with Gasteiger partial charge in [0.15, 0.2) is 6.61 Å². The minimum absolute atomic E-state index is 0.0270. The quantitative estimate of drug-likeness (QED) is 0.556. The lowest BCUT2D eigenvalue weighted by atomic mass is 10.1. The van der Waals surface area contributed by atoms with Gasteiger partial charge < -0.3 is 9.64 Å². The second kappa shape index (κ2) is 4.01. The summed E-state index contributed by atoms with van der Waals surface area (Å²) in [5.74, 6) is 2.24. The zero-order chi connectivity index (χ0) is 9.78. The average Bonchev–Trinajstić information content (AvgIpc) is 1.97. The maximum absolute atomic E-state index is 11.2. The molecule has 12 heavy (non-hydrogen) atoms. The van der Waals surface area contributed by atoms with Crippen molar-refractivity contribution in [2.75, 3.05) is 13.7 Å². The summed E-state index contributed by atoms with van der Waals surface area (Å²) < 4.78 is 4.73. The van der Waals surface area contributed by atoms with Crippen molar-refractivity contribution >= 4 is 6.09 Å². The number of hydrogen-bond donors (Lipinski definition) is 0. The van der Waals surface area contributed by atoms with Gasteiger partial charge in [-0.25, -0.2) is 4.79 Å². The fraction of sp³-hybridized carbons (Fsp3) is 0.667. The highest BCUT2D eigenvalue weighted by atomic mass is 16.6. The maximum atomic E-state index is 11.2. The number of carbonyl (C=O) groups excluding carboxylic acids is 1. The predicted molar refractivity (Wildman–Crippen MR) is 47.7 cm³/mol. The van der Waals surface area contributed by atoms with Crippen molar-refractivity contribution in [2.24, 2.45) is 0 Å². The molecule has 0 aliphatic carbocycles. The van der Waals surface area contributed by atoms with E-state index in [1.165, 1.54) is 4.90 Å². The van der Waals surface area contributed by atoms with Crippen LogP contribution in [0.2, 0.25) is 0 Å². The van der Waals surface area contributed by atoms with Crippen molar-refractivity contribution in [1.29, 1.82) is 0 Å². The van der Waals surface area contributed by atoms with E-state index in [0.29, 0.717) is 0 Å². The van der Waals surface area contributed by atoms with Gasteiger partial charge in [0.1, 0.15) is 0 Å². The first-order valence-electron chi connectivity index (χ1n) is 3.73. The zero-order valence-electron chi connectivity index (χ0n) is 8.05. The number of rotatable bonds is 1. The summed E-state index contributed by atoms with van der Waals surface area (Å²) in [5.41, 5.74) is -0.230. The van der Waals surface area contributed by atoms with Crippen LogP contribution in [-0.4, -0.2) is 30.2 Å². The van der Waals surface area contributed by atoms with Crippen molar-refractivity contribution < 1.29 is 9.53 Å². The lowest BCUT2D eigenvalue weighted by Crippen LogP contribution is -2.42. The van der Waals surface area contributed by atoms with Gasteiger partial charge in [-0.05, 0) is 20.8 Å². The Morgan fingerprint density at radius 2 is 2.08 bits per heavy atom. The molecule has 0 heterocycles. The second-order valence-corrected chi connectivity index (χ2v) is 3.49. The van der Waals surface area contributed by atoms with Crippen molar-refractivity contribution in [3.63, 3.8) is 0 Å². The molecule has 0 aromatic carbocycles. The van der Waals surface area contributed by atoms with E-state index in [2.05, 4.69) is 5.92 Å². The minimum atomic E-state index is -0.388. The number of terminal acetylenes is 1. The Kier molecular flexibility index (Phi) is 3.62. The van der Waals surface area contributed by atoms with Crippen LogP contribution in [0.4, 0.5) is 4.79 Å². The van der Waals surface area contributed by atoms with Crippen molar-refractivity contribution in [3.8, 4) is 12.3 Å². The summed E-state index contributed by atoms with van der Waals surface area (Å²) in [6.07, 6.45) is 4.55. The summed E-state index contributed by atoms with van der Waals surface area (Å²) in [6, 6.07) is 0. The van der Waals surface area contributed by atoms with E-state index in [-0.39, 0.29) is 18.2 Å². The summed E-state index contributed by atoms with van der Waals surface area (Å²) in [7, 11) is 1.68. The number of carbonyl (C=O) groups is 1. The molecule has 0 rings (SSSR count). The van der Waals surface area contributed by atoms with Gasteiger partial charge >= 0.3 is 6.09 Å². The molecule has 0 saturated carbocycles. The fourth-order valence-corrected chi connectivity index (χ4v) is 0.474. The van der Waals surface area contributed by atoms with Crippen molar-refractivity contribution in [3.05, 3.63) is 0 Å². The van der Waals surface area contributed by atoms with Crippen LogP contribution >= 0.6 is 0 Å². The molecule has 0 aliphatic rings. The molecule has 3 nitrogen and oxygen atoms in total. The van der Waals surface area contributed by atoms with E-state index in [1.54, 1.807) is 7.05 Å². The summed E-state index contributed by atoms with van der Waals surface area (Å²) in [6.45, 7) is 5.79. The smallest absolute Gasteiger partial charge is 0.410 e. The van der Waals surface area contributed by atoms with Crippen molar-refractivity contribution in [2.45, 2.75) is 26.3 Å². The highest BCUT2D eigenvalue weighted by molar-refractivity contribution is 5.68. The first kappa shape index (κ1) is 10.8. The molecule has 0 N–H and O–H groups in total. The van der Waals surface area contributed by atoms with E-state index >= 15 is 0 Å². The molecule has 0 saturated heterocycles. The zero-order valence-corrected chi connectivity index (χ0v) is 8.05. The maximum Gasteiger partial charge on any atom is 0.410 e. The summed E-state index contributed by atoms with van der Waals surface area (Å²) >= 11 is 0.